The number of fused-ring (bicyclic) bond motifs is 2. The lowest BCUT2D eigenvalue weighted by Gasteiger charge is -2.36. The van der Waals surface area contributed by atoms with Gasteiger partial charge >= 0.3 is 0 Å². The molecule has 1 N–H and O–H groups in total. The van der Waals surface area contributed by atoms with Gasteiger partial charge in [0.25, 0.3) is 11.5 Å². The summed E-state index contributed by atoms with van der Waals surface area (Å²) < 4.78 is 1.82. The molecular weight excluding hydrogens is 432 g/mol. The minimum atomic E-state index is -0.110. The number of rotatable bonds is 5. The van der Waals surface area contributed by atoms with Crippen molar-refractivity contribution in [2.24, 2.45) is 5.92 Å². The zero-order chi connectivity index (χ0) is 22.8. The number of likely N-dealkylation sites (tertiary alicyclic amines) is 1. The lowest BCUT2D eigenvalue weighted by Crippen LogP contribution is -2.41. The molecule has 7 heteroatoms. The number of hydrogen-bond acceptors (Lipinski definition) is 5. The van der Waals surface area contributed by atoms with E-state index >= 15 is 0 Å². The lowest BCUT2D eigenvalue weighted by molar-refractivity contribution is 0.0915. The van der Waals surface area contributed by atoms with Crippen LogP contribution in [0.15, 0.2) is 40.5 Å². The van der Waals surface area contributed by atoms with E-state index in [0.717, 1.165) is 57.1 Å². The lowest BCUT2D eigenvalue weighted by atomic mass is 9.97. The summed E-state index contributed by atoms with van der Waals surface area (Å²) in [5.74, 6) is 1.50. The van der Waals surface area contributed by atoms with Crippen LogP contribution in [0.4, 0.5) is 0 Å². The highest BCUT2D eigenvalue weighted by atomic mass is 32.1. The summed E-state index contributed by atoms with van der Waals surface area (Å²) in [5, 5.41) is 5.86. The van der Waals surface area contributed by atoms with Gasteiger partial charge in [-0.2, -0.15) is 0 Å². The van der Waals surface area contributed by atoms with Crippen molar-refractivity contribution in [1.82, 2.24) is 19.8 Å². The van der Waals surface area contributed by atoms with Gasteiger partial charge in [-0.05, 0) is 74.3 Å². The van der Waals surface area contributed by atoms with Gasteiger partial charge in [0.1, 0.15) is 5.82 Å². The highest BCUT2D eigenvalue weighted by Crippen LogP contribution is 2.29. The Hall–Kier alpha value is -2.51. The van der Waals surface area contributed by atoms with Crippen LogP contribution >= 0.6 is 11.3 Å². The van der Waals surface area contributed by atoms with E-state index in [2.05, 4.69) is 34.7 Å². The molecule has 1 aromatic carbocycles. The quantitative estimate of drug-likeness (QED) is 0.608. The van der Waals surface area contributed by atoms with Gasteiger partial charge in [-0.25, -0.2) is 4.98 Å². The third-order valence-corrected chi connectivity index (χ3v) is 8.14. The third kappa shape index (κ3) is 4.75. The van der Waals surface area contributed by atoms with E-state index in [1.807, 2.05) is 4.57 Å². The molecule has 0 saturated carbocycles. The fourth-order valence-corrected chi connectivity index (χ4v) is 5.94. The second-order valence-corrected chi connectivity index (χ2v) is 10.5. The van der Waals surface area contributed by atoms with Crippen LogP contribution < -0.4 is 10.9 Å². The maximum Gasteiger partial charge on any atom is 0.261 e. The van der Waals surface area contributed by atoms with E-state index in [-0.39, 0.29) is 17.5 Å². The Morgan fingerprint density at radius 2 is 2.03 bits per heavy atom. The van der Waals surface area contributed by atoms with Crippen LogP contribution in [0.25, 0.3) is 10.9 Å². The van der Waals surface area contributed by atoms with Crippen molar-refractivity contribution in [2.45, 2.75) is 58.0 Å². The number of benzene rings is 1. The van der Waals surface area contributed by atoms with Crippen molar-refractivity contribution in [1.29, 1.82) is 0 Å². The van der Waals surface area contributed by atoms with Crippen LogP contribution in [0.2, 0.25) is 0 Å². The Bertz CT molecular complexity index is 1180. The number of hydrogen-bond donors (Lipinski definition) is 1. The zero-order valence-corrected chi connectivity index (χ0v) is 20.1. The number of carbonyl (C=O) groups is 1. The van der Waals surface area contributed by atoms with Gasteiger partial charge in [0.15, 0.2) is 0 Å². The molecule has 0 spiro atoms. The maximum absolute atomic E-state index is 13.1. The highest BCUT2D eigenvalue weighted by Gasteiger charge is 2.26. The van der Waals surface area contributed by atoms with Crippen LogP contribution in [0.1, 0.15) is 66.1 Å². The first-order valence-corrected chi connectivity index (χ1v) is 13.1. The number of carbonyl (C=O) groups excluding carboxylic acids is 1. The Labute approximate surface area is 198 Å². The highest BCUT2D eigenvalue weighted by molar-refractivity contribution is 7.10. The summed E-state index contributed by atoms with van der Waals surface area (Å²) in [6.07, 6.45) is 6.41. The summed E-state index contributed by atoms with van der Waals surface area (Å²) >= 11 is 1.75. The van der Waals surface area contributed by atoms with Gasteiger partial charge in [0.2, 0.25) is 0 Å². The third-order valence-electron chi connectivity index (χ3n) is 7.17. The molecule has 1 atom stereocenters. The maximum atomic E-state index is 13.1. The van der Waals surface area contributed by atoms with E-state index in [1.165, 1.54) is 17.7 Å². The van der Waals surface area contributed by atoms with Crippen molar-refractivity contribution in [3.05, 3.63) is 62.3 Å². The minimum absolute atomic E-state index is 0.0148. The molecule has 3 aromatic rings. The van der Waals surface area contributed by atoms with Crippen LogP contribution in [0.5, 0.6) is 0 Å². The monoisotopic (exact) mass is 464 g/mol. The SMILES string of the molecule is CC1CCN(C(CNC(=O)c2ccc3c(=O)n4c(nc3c2)CCCCC4)c2cccs2)CC1. The fraction of sp³-hybridized carbons (Fsp3) is 0.500. The Kier molecular flexibility index (Phi) is 6.60. The predicted molar refractivity (Wildman–Crippen MR) is 133 cm³/mol. The summed E-state index contributed by atoms with van der Waals surface area (Å²) in [5.41, 5.74) is 1.20. The molecule has 2 aliphatic heterocycles. The molecule has 1 saturated heterocycles. The second kappa shape index (κ2) is 9.77. The first kappa shape index (κ1) is 22.3. The van der Waals surface area contributed by atoms with E-state index in [0.29, 0.717) is 23.0 Å². The summed E-state index contributed by atoms with van der Waals surface area (Å²) in [6.45, 7) is 5.76. The smallest absolute Gasteiger partial charge is 0.261 e. The molecule has 0 radical (unpaired) electrons. The Morgan fingerprint density at radius 3 is 2.82 bits per heavy atom. The molecule has 4 heterocycles. The molecule has 2 aliphatic rings. The second-order valence-electron chi connectivity index (χ2n) is 9.49. The minimum Gasteiger partial charge on any atom is -0.350 e. The molecule has 1 unspecified atom stereocenters. The Morgan fingerprint density at radius 1 is 1.18 bits per heavy atom. The molecule has 0 bridgehead atoms. The number of amides is 1. The van der Waals surface area contributed by atoms with Crippen LogP contribution in [0.3, 0.4) is 0 Å². The summed E-state index contributed by atoms with van der Waals surface area (Å²) in [7, 11) is 0. The number of nitrogens with one attached hydrogen (secondary N) is 1. The summed E-state index contributed by atoms with van der Waals surface area (Å²) in [6, 6.07) is 9.74. The van der Waals surface area contributed by atoms with Crippen LogP contribution in [-0.2, 0) is 13.0 Å². The van der Waals surface area contributed by atoms with Gasteiger partial charge < -0.3 is 5.32 Å². The standard InChI is InChI=1S/C26H32N4O2S/c1-18-10-13-29(14-11-18)22(23-6-5-15-33-23)17-27-25(31)19-8-9-20-21(16-19)28-24-7-3-2-4-12-30(24)26(20)32/h5-6,8-9,15-16,18,22H,2-4,7,10-14,17H2,1H3,(H,27,31). The molecule has 0 aliphatic carbocycles. The van der Waals surface area contributed by atoms with Gasteiger partial charge in [0.05, 0.1) is 16.9 Å². The van der Waals surface area contributed by atoms with Crippen molar-refractivity contribution in [3.8, 4) is 0 Å². The zero-order valence-electron chi connectivity index (χ0n) is 19.3. The normalized spacial score (nSPS) is 18.6. The van der Waals surface area contributed by atoms with Gasteiger partial charge in [0, 0.05) is 30.0 Å². The summed E-state index contributed by atoms with van der Waals surface area (Å²) in [4.78, 5) is 34.6. The van der Waals surface area contributed by atoms with Crippen LogP contribution in [-0.4, -0.2) is 40.0 Å². The number of thiophene rings is 1. The first-order chi connectivity index (χ1) is 16.1. The average molecular weight is 465 g/mol. The molecule has 174 valence electrons. The topological polar surface area (TPSA) is 67.2 Å². The molecule has 33 heavy (non-hydrogen) atoms. The number of nitrogens with zero attached hydrogens (tertiary/aromatic N) is 3. The molecule has 2 aromatic heterocycles. The molecule has 1 fully saturated rings. The van der Waals surface area contributed by atoms with E-state index in [4.69, 9.17) is 4.98 Å². The molecule has 5 rings (SSSR count). The molecule has 1 amide bonds. The van der Waals surface area contributed by atoms with E-state index < -0.39 is 0 Å². The van der Waals surface area contributed by atoms with E-state index in [9.17, 15) is 9.59 Å². The Balaban J connectivity index is 1.35. The predicted octanol–water partition coefficient (Wildman–Crippen LogP) is 4.39. The van der Waals surface area contributed by atoms with Crippen molar-refractivity contribution < 1.29 is 4.79 Å². The molecular formula is C26H32N4O2S. The average Bonchev–Trinajstić information content (AvgIpc) is 3.25. The fourth-order valence-electron chi connectivity index (χ4n) is 5.08. The van der Waals surface area contributed by atoms with Crippen molar-refractivity contribution in [3.63, 3.8) is 0 Å². The van der Waals surface area contributed by atoms with Gasteiger partial charge in [-0.3, -0.25) is 19.1 Å². The van der Waals surface area contributed by atoms with Crippen molar-refractivity contribution >= 4 is 28.1 Å². The number of aryl methyl sites for hydroxylation is 1. The largest absolute Gasteiger partial charge is 0.350 e. The molecule has 6 nitrogen and oxygen atoms in total. The number of piperidine rings is 1. The van der Waals surface area contributed by atoms with Gasteiger partial charge in [-0.1, -0.05) is 19.4 Å². The van der Waals surface area contributed by atoms with Crippen LogP contribution in [0, 0.1) is 5.92 Å². The first-order valence-electron chi connectivity index (χ1n) is 12.2. The van der Waals surface area contributed by atoms with E-state index in [1.54, 1.807) is 29.5 Å². The van der Waals surface area contributed by atoms with Crippen molar-refractivity contribution in [2.75, 3.05) is 19.6 Å². The number of aromatic nitrogens is 2. The van der Waals surface area contributed by atoms with Gasteiger partial charge in [-0.15, -0.1) is 11.3 Å².